The Bertz CT molecular complexity index is 538. The van der Waals surface area contributed by atoms with Crippen molar-refractivity contribution in [2.75, 3.05) is 0 Å². The maximum absolute atomic E-state index is 11.1. The SMILES string of the molecule is O=[N+]([O-])OS(=O)(=O)c1cccc([N+](=O)[O-])c1. The summed E-state index contributed by atoms with van der Waals surface area (Å²) >= 11 is 0. The Kier molecular flexibility index (Phi) is 3.04. The summed E-state index contributed by atoms with van der Waals surface area (Å²) in [7, 11) is -4.62. The van der Waals surface area contributed by atoms with Gasteiger partial charge in [-0.2, -0.15) is 12.7 Å². The van der Waals surface area contributed by atoms with Crippen LogP contribution in [0.5, 0.6) is 0 Å². The van der Waals surface area contributed by atoms with E-state index in [-0.39, 0.29) is 0 Å². The zero-order chi connectivity index (χ0) is 12.3. The third kappa shape index (κ3) is 2.63. The van der Waals surface area contributed by atoms with E-state index in [0.29, 0.717) is 6.07 Å². The number of nitro benzene ring substituents is 1. The summed E-state index contributed by atoms with van der Waals surface area (Å²) in [5.74, 6) is 0. The summed E-state index contributed by atoms with van der Waals surface area (Å²) in [6.45, 7) is 0. The minimum atomic E-state index is -4.62. The second-order valence-corrected chi connectivity index (χ2v) is 4.04. The molecule has 0 aromatic heterocycles. The first-order valence-corrected chi connectivity index (χ1v) is 5.07. The lowest BCUT2D eigenvalue weighted by Gasteiger charge is -2.00. The molecule has 0 saturated carbocycles. The van der Waals surface area contributed by atoms with Crippen LogP contribution in [0, 0.1) is 20.2 Å². The summed E-state index contributed by atoms with van der Waals surface area (Å²) in [4.78, 5) is 18.7. The molecule has 0 aliphatic heterocycles. The molecule has 1 aromatic carbocycles. The van der Waals surface area contributed by atoms with Gasteiger partial charge < -0.3 is 0 Å². The molecule has 0 bridgehead atoms. The number of nitro groups is 1. The van der Waals surface area contributed by atoms with E-state index in [0.717, 1.165) is 18.2 Å². The molecule has 0 amide bonds. The molecular formula is C6H4N2O7S. The summed E-state index contributed by atoms with van der Waals surface area (Å²) in [6, 6.07) is 3.74. The van der Waals surface area contributed by atoms with Crippen molar-refractivity contribution in [1.29, 1.82) is 0 Å². The van der Waals surface area contributed by atoms with E-state index in [1.807, 2.05) is 0 Å². The van der Waals surface area contributed by atoms with Crippen molar-refractivity contribution in [3.63, 3.8) is 0 Å². The average molecular weight is 248 g/mol. The van der Waals surface area contributed by atoms with Crippen LogP contribution < -0.4 is 0 Å². The lowest BCUT2D eigenvalue weighted by Crippen LogP contribution is -2.11. The Morgan fingerprint density at radius 2 is 1.81 bits per heavy atom. The minimum Gasteiger partial charge on any atom is -0.258 e. The van der Waals surface area contributed by atoms with Crippen LogP contribution in [0.25, 0.3) is 0 Å². The smallest absolute Gasteiger partial charge is 0.258 e. The first kappa shape index (κ1) is 11.8. The summed E-state index contributed by atoms with van der Waals surface area (Å²) < 4.78 is 25.7. The van der Waals surface area contributed by atoms with Crippen molar-refractivity contribution in [3.8, 4) is 0 Å². The summed E-state index contributed by atoms with van der Waals surface area (Å²) in [6.07, 6.45) is 0. The van der Waals surface area contributed by atoms with Gasteiger partial charge in [-0.3, -0.25) is 10.1 Å². The monoisotopic (exact) mass is 248 g/mol. The lowest BCUT2D eigenvalue weighted by atomic mass is 10.3. The van der Waals surface area contributed by atoms with Gasteiger partial charge in [-0.25, -0.2) is 0 Å². The van der Waals surface area contributed by atoms with Crippen molar-refractivity contribution < 1.29 is 22.7 Å². The molecule has 0 N–H and O–H groups in total. The maximum atomic E-state index is 11.1. The van der Waals surface area contributed by atoms with Crippen LogP contribution in [0.2, 0.25) is 0 Å². The van der Waals surface area contributed by atoms with Crippen LogP contribution >= 0.6 is 0 Å². The van der Waals surface area contributed by atoms with Gasteiger partial charge in [0.05, 0.1) is 9.82 Å². The van der Waals surface area contributed by atoms with Crippen molar-refractivity contribution in [2.24, 2.45) is 0 Å². The number of nitrogens with zero attached hydrogens (tertiary/aromatic N) is 2. The Morgan fingerprint density at radius 1 is 1.19 bits per heavy atom. The van der Waals surface area contributed by atoms with Crippen LogP contribution in [-0.4, -0.2) is 18.4 Å². The van der Waals surface area contributed by atoms with E-state index in [9.17, 15) is 28.6 Å². The highest BCUT2D eigenvalue weighted by molar-refractivity contribution is 7.86. The number of hydrogen-bond acceptors (Lipinski definition) is 7. The number of rotatable bonds is 4. The quantitative estimate of drug-likeness (QED) is 0.559. The van der Waals surface area contributed by atoms with Crippen LogP contribution in [0.3, 0.4) is 0 Å². The normalized spacial score (nSPS) is 10.8. The van der Waals surface area contributed by atoms with E-state index in [2.05, 4.69) is 4.28 Å². The second-order valence-electron chi connectivity index (χ2n) is 2.51. The van der Waals surface area contributed by atoms with Gasteiger partial charge in [-0.05, 0) is 6.07 Å². The molecular weight excluding hydrogens is 244 g/mol. The summed E-state index contributed by atoms with van der Waals surface area (Å²) in [5.41, 5.74) is -0.506. The van der Waals surface area contributed by atoms with E-state index in [1.165, 1.54) is 0 Å². The first-order valence-electron chi connectivity index (χ1n) is 3.66. The van der Waals surface area contributed by atoms with E-state index in [1.54, 1.807) is 0 Å². The molecule has 0 saturated heterocycles. The molecule has 0 fully saturated rings. The standard InChI is InChI=1S/C6H4N2O7S/c9-7(10)5-2-1-3-6(4-5)16(13,14)15-8(11)12/h1-4H. The van der Waals surface area contributed by atoms with Crippen molar-refractivity contribution in [2.45, 2.75) is 4.90 Å². The Morgan fingerprint density at radius 3 is 2.31 bits per heavy atom. The van der Waals surface area contributed by atoms with Gasteiger partial charge in [-0.1, -0.05) is 6.07 Å². The van der Waals surface area contributed by atoms with Gasteiger partial charge in [-0.15, -0.1) is 10.1 Å². The summed E-state index contributed by atoms with van der Waals surface area (Å²) in [5, 5.41) is 18.7. The van der Waals surface area contributed by atoms with Crippen LogP contribution in [0.1, 0.15) is 0 Å². The molecule has 0 radical (unpaired) electrons. The lowest BCUT2D eigenvalue weighted by molar-refractivity contribution is -0.711. The van der Waals surface area contributed by atoms with Gasteiger partial charge in [0.25, 0.3) is 5.69 Å². The molecule has 0 atom stereocenters. The second kappa shape index (κ2) is 4.10. The number of benzene rings is 1. The Hall–Kier alpha value is -2.23. The van der Waals surface area contributed by atoms with Crippen molar-refractivity contribution in [3.05, 3.63) is 44.5 Å². The molecule has 0 spiro atoms. The van der Waals surface area contributed by atoms with Crippen molar-refractivity contribution >= 4 is 15.8 Å². The van der Waals surface area contributed by atoms with Gasteiger partial charge in [0, 0.05) is 12.1 Å². The zero-order valence-corrected chi connectivity index (χ0v) is 8.29. The molecule has 0 heterocycles. The van der Waals surface area contributed by atoms with Crippen LogP contribution in [0.4, 0.5) is 5.69 Å². The fraction of sp³-hybridized carbons (Fsp3) is 0. The fourth-order valence-electron chi connectivity index (χ4n) is 0.876. The predicted octanol–water partition coefficient (Wildman–Crippen LogP) is 0.492. The average Bonchev–Trinajstić information content (AvgIpc) is 2.16. The maximum Gasteiger partial charge on any atom is 0.334 e. The highest BCUT2D eigenvalue weighted by Gasteiger charge is 2.21. The Labute approximate surface area is 88.6 Å². The van der Waals surface area contributed by atoms with Crippen molar-refractivity contribution in [1.82, 2.24) is 0 Å². The van der Waals surface area contributed by atoms with Crippen LogP contribution in [-0.2, 0) is 14.4 Å². The van der Waals surface area contributed by atoms with E-state index in [4.69, 9.17) is 0 Å². The van der Waals surface area contributed by atoms with Gasteiger partial charge in [0.15, 0.2) is 0 Å². The number of hydrogen-bond donors (Lipinski definition) is 0. The predicted molar refractivity (Wildman–Crippen MR) is 48.4 cm³/mol. The fourth-order valence-corrected chi connectivity index (χ4v) is 1.63. The molecule has 9 nitrogen and oxygen atoms in total. The minimum absolute atomic E-state index is 0.506. The molecule has 0 unspecified atom stereocenters. The highest BCUT2D eigenvalue weighted by Crippen LogP contribution is 2.18. The van der Waals surface area contributed by atoms with Crippen LogP contribution in [0.15, 0.2) is 29.2 Å². The van der Waals surface area contributed by atoms with Gasteiger partial charge in [0.2, 0.25) is 0 Å². The molecule has 1 aromatic rings. The largest absolute Gasteiger partial charge is 0.334 e. The van der Waals surface area contributed by atoms with Gasteiger partial charge >= 0.3 is 15.2 Å². The topological polar surface area (TPSA) is 130 Å². The number of non-ortho nitro benzene ring substituents is 1. The molecule has 10 heteroatoms. The highest BCUT2D eigenvalue weighted by atomic mass is 32.2. The molecule has 0 aliphatic carbocycles. The Balaban J connectivity index is 3.19. The molecule has 16 heavy (non-hydrogen) atoms. The third-order valence-electron chi connectivity index (χ3n) is 1.48. The van der Waals surface area contributed by atoms with Gasteiger partial charge in [0.1, 0.15) is 0 Å². The van der Waals surface area contributed by atoms with E-state index >= 15 is 0 Å². The van der Waals surface area contributed by atoms with E-state index < -0.39 is 30.7 Å². The first-order chi connectivity index (χ1) is 7.33. The molecule has 0 aliphatic rings. The molecule has 86 valence electrons. The third-order valence-corrected chi connectivity index (χ3v) is 2.63. The zero-order valence-electron chi connectivity index (χ0n) is 7.47. The molecule has 1 rings (SSSR count).